The van der Waals surface area contributed by atoms with Crippen molar-refractivity contribution in [3.05, 3.63) is 70.8 Å². The maximum Gasteiger partial charge on any atom is 0.241 e. The van der Waals surface area contributed by atoms with E-state index in [0.29, 0.717) is 5.56 Å². The van der Waals surface area contributed by atoms with Crippen molar-refractivity contribution in [2.45, 2.75) is 31.7 Å². The fourth-order valence-electron chi connectivity index (χ4n) is 2.35. The van der Waals surface area contributed by atoms with Gasteiger partial charge in [0.1, 0.15) is 0 Å². The van der Waals surface area contributed by atoms with Crippen LogP contribution < -0.4 is 9.83 Å². The molecule has 0 radical (unpaired) electrons. The predicted octanol–water partition coefficient (Wildman–Crippen LogP) is 1.62. The van der Waals surface area contributed by atoms with Gasteiger partial charge in [0.05, 0.1) is 16.9 Å². The normalized spacial score (nSPS) is 12.9. The second kappa shape index (κ2) is 8.28. The molecular formula is C20H20NO5S-. The summed E-state index contributed by atoms with van der Waals surface area (Å²) in [6.45, 7) is 5.08. The van der Waals surface area contributed by atoms with Gasteiger partial charge in [-0.1, -0.05) is 29.8 Å². The van der Waals surface area contributed by atoms with Gasteiger partial charge in [-0.3, -0.25) is 4.79 Å². The monoisotopic (exact) mass is 386 g/mol. The van der Waals surface area contributed by atoms with E-state index >= 15 is 0 Å². The van der Waals surface area contributed by atoms with E-state index in [1.165, 1.54) is 37.3 Å². The van der Waals surface area contributed by atoms with Gasteiger partial charge < -0.3 is 9.90 Å². The van der Waals surface area contributed by atoms with E-state index in [2.05, 4.69) is 0 Å². The van der Waals surface area contributed by atoms with Crippen molar-refractivity contribution in [1.29, 1.82) is 0 Å². The highest BCUT2D eigenvalue weighted by Crippen LogP contribution is 2.15. The summed E-state index contributed by atoms with van der Waals surface area (Å²) in [4.78, 5) is 22.9. The molecule has 2 rings (SSSR count). The Morgan fingerprint density at radius 1 is 1.07 bits per heavy atom. The number of sulfonamides is 1. The molecule has 2 aromatic carbocycles. The number of allylic oxidation sites excluding steroid dienone is 1. The van der Waals surface area contributed by atoms with Crippen LogP contribution in [0.15, 0.2) is 53.4 Å². The average molecular weight is 386 g/mol. The molecule has 0 unspecified atom stereocenters. The zero-order valence-electron chi connectivity index (χ0n) is 15.2. The highest BCUT2D eigenvalue weighted by Gasteiger charge is 2.18. The molecule has 0 heterocycles. The molecule has 142 valence electrons. The quantitative estimate of drug-likeness (QED) is 0.575. The fourth-order valence-corrected chi connectivity index (χ4v) is 3.54. The topological polar surface area (TPSA) is 103 Å². The number of carboxylic acids is 1. The van der Waals surface area contributed by atoms with Crippen molar-refractivity contribution in [3.8, 4) is 0 Å². The Morgan fingerprint density at radius 2 is 1.70 bits per heavy atom. The van der Waals surface area contributed by atoms with Gasteiger partial charge in [-0.2, -0.15) is 0 Å². The van der Waals surface area contributed by atoms with Gasteiger partial charge in [-0.15, -0.1) is 0 Å². The number of hydrogen-bond donors (Lipinski definition) is 1. The van der Waals surface area contributed by atoms with Gasteiger partial charge >= 0.3 is 0 Å². The van der Waals surface area contributed by atoms with Gasteiger partial charge in [0.15, 0.2) is 5.78 Å². The number of aryl methyl sites for hydroxylation is 2. The lowest BCUT2D eigenvalue weighted by atomic mass is 10.0. The molecule has 0 aliphatic carbocycles. The summed E-state index contributed by atoms with van der Waals surface area (Å²) in [5.74, 6) is -1.79. The minimum atomic E-state index is -4.01. The molecule has 0 bridgehead atoms. The van der Waals surface area contributed by atoms with E-state index in [9.17, 15) is 23.1 Å². The Hall–Kier alpha value is -2.77. The lowest BCUT2D eigenvalue weighted by molar-refractivity contribution is -0.307. The zero-order chi connectivity index (χ0) is 20.2. The van der Waals surface area contributed by atoms with Crippen molar-refractivity contribution >= 4 is 27.9 Å². The first kappa shape index (κ1) is 20.5. The van der Waals surface area contributed by atoms with Gasteiger partial charge in [-0.05, 0) is 62.2 Å². The largest absolute Gasteiger partial charge is 0.548 e. The Balaban J connectivity index is 2.17. The van der Waals surface area contributed by atoms with Crippen molar-refractivity contribution in [1.82, 2.24) is 4.72 Å². The Bertz CT molecular complexity index is 992. The van der Waals surface area contributed by atoms with Gasteiger partial charge in [0.2, 0.25) is 10.0 Å². The number of aliphatic carboxylic acids is 1. The smallest absolute Gasteiger partial charge is 0.241 e. The molecule has 0 aromatic heterocycles. The van der Waals surface area contributed by atoms with Crippen LogP contribution in [0.5, 0.6) is 0 Å². The number of rotatable bonds is 7. The summed E-state index contributed by atoms with van der Waals surface area (Å²) in [6, 6.07) is 9.84. The number of hydrogen-bond acceptors (Lipinski definition) is 5. The third-order valence-corrected chi connectivity index (χ3v) is 5.54. The molecule has 2 aromatic rings. The highest BCUT2D eigenvalue weighted by molar-refractivity contribution is 7.89. The van der Waals surface area contributed by atoms with Crippen molar-refractivity contribution in [2.24, 2.45) is 0 Å². The SMILES string of the molecule is Cc1ccc(C)c(/C=C/C(=O)c2ccc(S(=O)(=O)N[C@@H](C)C(=O)[O-])cc2)c1. The predicted molar refractivity (Wildman–Crippen MR) is 101 cm³/mol. The lowest BCUT2D eigenvalue weighted by Gasteiger charge is -2.14. The molecule has 6 nitrogen and oxygen atoms in total. The minimum absolute atomic E-state index is 0.134. The van der Waals surface area contributed by atoms with Gasteiger partial charge in [-0.25, -0.2) is 13.1 Å². The van der Waals surface area contributed by atoms with Crippen LogP contribution in [-0.2, 0) is 14.8 Å². The first-order valence-corrected chi connectivity index (χ1v) is 9.71. The second-order valence-electron chi connectivity index (χ2n) is 6.24. The average Bonchev–Trinajstić information content (AvgIpc) is 2.61. The molecule has 0 aliphatic rings. The standard InChI is InChI=1S/C20H21NO5S/c1-13-4-5-14(2)17(12-13)8-11-19(22)16-6-9-18(10-7-16)27(25,26)21-15(3)20(23)24/h4-12,15,21H,1-3H3,(H,23,24)/p-1/b11-8+/t15-/m0/s1. The van der Waals surface area contributed by atoms with Crippen LogP contribution in [-0.4, -0.2) is 26.2 Å². The fraction of sp³-hybridized carbons (Fsp3) is 0.200. The van der Waals surface area contributed by atoms with Gasteiger partial charge in [0, 0.05) is 5.56 Å². The molecule has 0 saturated carbocycles. The number of nitrogens with one attached hydrogen (secondary N) is 1. The number of benzene rings is 2. The maximum atomic E-state index is 12.3. The summed E-state index contributed by atoms with van der Waals surface area (Å²) in [6.07, 6.45) is 3.15. The molecule has 7 heteroatoms. The second-order valence-corrected chi connectivity index (χ2v) is 7.96. The Morgan fingerprint density at radius 3 is 2.30 bits per heavy atom. The van der Waals surface area contributed by atoms with Crippen molar-refractivity contribution < 1.29 is 23.1 Å². The molecule has 0 spiro atoms. The molecule has 1 N–H and O–H groups in total. The number of carbonyl (C=O) groups excluding carboxylic acids is 2. The third kappa shape index (κ3) is 5.35. The third-order valence-electron chi connectivity index (χ3n) is 3.98. The molecule has 0 amide bonds. The van der Waals surface area contributed by atoms with E-state index in [0.717, 1.165) is 16.7 Å². The molecule has 0 fully saturated rings. The Kier molecular flexibility index (Phi) is 6.30. The van der Waals surface area contributed by atoms with Crippen LogP contribution in [0.25, 0.3) is 6.08 Å². The van der Waals surface area contributed by atoms with Crippen LogP contribution in [0.4, 0.5) is 0 Å². The number of carboxylic acid groups (broad SMARTS) is 1. The lowest BCUT2D eigenvalue weighted by Crippen LogP contribution is -2.45. The molecular weight excluding hydrogens is 366 g/mol. The highest BCUT2D eigenvalue weighted by atomic mass is 32.2. The molecule has 27 heavy (non-hydrogen) atoms. The van der Waals surface area contributed by atoms with Crippen molar-refractivity contribution in [3.63, 3.8) is 0 Å². The summed E-state index contributed by atoms with van der Waals surface area (Å²) < 4.78 is 26.2. The van der Waals surface area contributed by atoms with Crippen LogP contribution in [0.1, 0.15) is 34.0 Å². The zero-order valence-corrected chi connectivity index (χ0v) is 16.0. The first-order valence-electron chi connectivity index (χ1n) is 8.23. The first-order chi connectivity index (χ1) is 12.6. The summed E-state index contributed by atoms with van der Waals surface area (Å²) in [5.41, 5.74) is 3.38. The van der Waals surface area contributed by atoms with Crippen LogP contribution in [0.2, 0.25) is 0 Å². The summed E-state index contributed by atoms with van der Waals surface area (Å²) in [7, 11) is -4.01. The number of carbonyl (C=O) groups is 2. The van der Waals surface area contributed by atoms with Crippen molar-refractivity contribution in [2.75, 3.05) is 0 Å². The van der Waals surface area contributed by atoms with E-state index < -0.39 is 22.0 Å². The molecule has 1 atom stereocenters. The van der Waals surface area contributed by atoms with Crippen LogP contribution >= 0.6 is 0 Å². The van der Waals surface area contributed by atoms with E-state index in [1.54, 1.807) is 6.08 Å². The minimum Gasteiger partial charge on any atom is -0.548 e. The van der Waals surface area contributed by atoms with E-state index in [1.807, 2.05) is 36.8 Å². The Labute approximate surface area is 158 Å². The maximum absolute atomic E-state index is 12.3. The number of ketones is 1. The van der Waals surface area contributed by atoms with E-state index in [4.69, 9.17) is 0 Å². The van der Waals surface area contributed by atoms with Gasteiger partial charge in [0.25, 0.3) is 0 Å². The summed E-state index contributed by atoms with van der Waals surface area (Å²) in [5, 5.41) is 10.7. The molecule has 0 saturated heterocycles. The van der Waals surface area contributed by atoms with Crippen LogP contribution in [0.3, 0.4) is 0 Å². The molecule has 0 aliphatic heterocycles. The van der Waals surface area contributed by atoms with Crippen LogP contribution in [0, 0.1) is 13.8 Å². The summed E-state index contributed by atoms with van der Waals surface area (Å²) >= 11 is 0. The van der Waals surface area contributed by atoms with E-state index in [-0.39, 0.29) is 10.7 Å².